The molecule has 130 valence electrons. The van der Waals surface area contributed by atoms with Gasteiger partial charge in [0.1, 0.15) is 0 Å². The number of hydrogen-bond donors (Lipinski definition) is 2. The van der Waals surface area contributed by atoms with Gasteiger partial charge in [-0.15, -0.1) is 0 Å². The first-order valence-corrected chi connectivity index (χ1v) is 9.81. The van der Waals surface area contributed by atoms with Gasteiger partial charge < -0.3 is 15.0 Å². The predicted molar refractivity (Wildman–Crippen MR) is 104 cm³/mol. The Bertz CT molecular complexity index is 843. The highest BCUT2D eigenvalue weighted by Crippen LogP contribution is 2.35. The summed E-state index contributed by atoms with van der Waals surface area (Å²) in [7, 11) is 0. The van der Waals surface area contributed by atoms with Crippen molar-refractivity contribution in [3.8, 4) is 0 Å². The van der Waals surface area contributed by atoms with Gasteiger partial charge in [-0.1, -0.05) is 42.1 Å². The number of hydrogen-bond acceptors (Lipinski definition) is 4. The number of aliphatic hydroxyl groups is 1. The van der Waals surface area contributed by atoms with Crippen LogP contribution in [0.2, 0.25) is 0 Å². The molecule has 0 saturated heterocycles. The molecule has 0 bridgehead atoms. The highest BCUT2D eigenvalue weighted by Gasteiger charge is 2.25. The first-order valence-electron chi connectivity index (χ1n) is 8.82. The Labute approximate surface area is 152 Å². The van der Waals surface area contributed by atoms with E-state index in [1.165, 1.54) is 16.8 Å². The lowest BCUT2D eigenvalue weighted by Crippen LogP contribution is -2.37. The molecule has 0 radical (unpaired) electrons. The van der Waals surface area contributed by atoms with E-state index in [0.29, 0.717) is 5.92 Å². The monoisotopic (exact) mass is 353 g/mol. The number of para-hydroxylation sites is 3. The van der Waals surface area contributed by atoms with Gasteiger partial charge in [0.15, 0.2) is 5.16 Å². The van der Waals surface area contributed by atoms with Crippen LogP contribution in [0.25, 0.3) is 11.0 Å². The molecule has 0 aliphatic carbocycles. The Kier molecular flexibility index (Phi) is 4.68. The average molecular weight is 353 g/mol. The summed E-state index contributed by atoms with van der Waals surface area (Å²) in [6, 6.07) is 14.7. The Morgan fingerprint density at radius 2 is 2.12 bits per heavy atom. The van der Waals surface area contributed by atoms with Crippen molar-refractivity contribution in [1.82, 2.24) is 9.97 Å². The van der Waals surface area contributed by atoms with Crippen LogP contribution in [0.5, 0.6) is 0 Å². The van der Waals surface area contributed by atoms with E-state index >= 15 is 0 Å². The maximum Gasteiger partial charge on any atom is 0.166 e. The summed E-state index contributed by atoms with van der Waals surface area (Å²) in [6.07, 6.45) is 0.964. The molecular weight excluding hydrogens is 330 g/mol. The fourth-order valence-electron chi connectivity index (χ4n) is 3.66. The maximum atomic E-state index is 9.58. The van der Waals surface area contributed by atoms with Crippen molar-refractivity contribution in [2.75, 3.05) is 24.6 Å². The highest BCUT2D eigenvalue weighted by molar-refractivity contribution is 7.98. The molecule has 5 heteroatoms. The zero-order valence-corrected chi connectivity index (χ0v) is 15.2. The number of benzene rings is 2. The van der Waals surface area contributed by atoms with Crippen LogP contribution in [0, 0.1) is 5.92 Å². The second-order valence-electron chi connectivity index (χ2n) is 6.56. The Morgan fingerprint density at radius 1 is 1.24 bits per heavy atom. The van der Waals surface area contributed by atoms with Crippen molar-refractivity contribution in [2.24, 2.45) is 5.92 Å². The molecular formula is C20H23N3OS. The number of nitrogens with zero attached hydrogens (tertiary/aromatic N) is 2. The molecule has 1 aliphatic rings. The third-order valence-electron chi connectivity index (χ3n) is 4.88. The van der Waals surface area contributed by atoms with Crippen LogP contribution in [0.3, 0.4) is 0 Å². The van der Waals surface area contributed by atoms with Crippen LogP contribution in [0.4, 0.5) is 5.69 Å². The molecule has 25 heavy (non-hydrogen) atoms. The predicted octanol–water partition coefficient (Wildman–Crippen LogP) is 3.85. The summed E-state index contributed by atoms with van der Waals surface area (Å²) >= 11 is 1.75. The van der Waals surface area contributed by atoms with Gasteiger partial charge >= 0.3 is 0 Å². The summed E-state index contributed by atoms with van der Waals surface area (Å²) in [5.74, 6) is 1.23. The quantitative estimate of drug-likeness (QED) is 0.684. The molecule has 0 spiro atoms. The van der Waals surface area contributed by atoms with Gasteiger partial charge in [-0.25, -0.2) is 4.98 Å². The van der Waals surface area contributed by atoms with Crippen molar-refractivity contribution in [1.29, 1.82) is 0 Å². The van der Waals surface area contributed by atoms with E-state index in [1.54, 1.807) is 11.8 Å². The van der Waals surface area contributed by atoms with E-state index in [0.717, 1.165) is 41.5 Å². The minimum absolute atomic E-state index is 0.258. The number of thioether (sulfide) groups is 1. The number of fused-ring (bicyclic) bond motifs is 2. The molecule has 3 aromatic rings. The first kappa shape index (κ1) is 16.5. The average Bonchev–Trinajstić information content (AvgIpc) is 3.08. The van der Waals surface area contributed by atoms with E-state index in [2.05, 4.69) is 46.1 Å². The topological polar surface area (TPSA) is 52.1 Å². The first-order chi connectivity index (χ1) is 12.3. The lowest BCUT2D eigenvalue weighted by molar-refractivity contribution is 0.224. The van der Waals surface area contributed by atoms with Crippen LogP contribution < -0.4 is 4.90 Å². The van der Waals surface area contributed by atoms with Gasteiger partial charge in [-0.3, -0.25) is 0 Å². The molecule has 0 amide bonds. The smallest absolute Gasteiger partial charge is 0.166 e. The normalized spacial score (nSPS) is 17.0. The van der Waals surface area contributed by atoms with Crippen LogP contribution in [0.15, 0.2) is 47.6 Å². The number of aromatic nitrogens is 2. The summed E-state index contributed by atoms with van der Waals surface area (Å²) in [4.78, 5) is 10.5. The summed E-state index contributed by atoms with van der Waals surface area (Å²) in [5, 5.41) is 10.5. The van der Waals surface area contributed by atoms with Crippen LogP contribution in [-0.4, -0.2) is 34.8 Å². The summed E-state index contributed by atoms with van der Waals surface area (Å²) in [6.45, 7) is 4.35. The molecule has 2 heterocycles. The van der Waals surface area contributed by atoms with Crippen molar-refractivity contribution < 1.29 is 5.11 Å². The fourth-order valence-corrected chi connectivity index (χ4v) is 4.53. The van der Waals surface area contributed by atoms with E-state index in [4.69, 9.17) is 0 Å². The minimum Gasteiger partial charge on any atom is -0.396 e. The van der Waals surface area contributed by atoms with E-state index in [9.17, 15) is 5.11 Å². The Balaban J connectivity index is 1.58. The standard InChI is InChI=1S/C20H23N3OS/c1-2-23-11-14(12-24)10-15-6-5-7-16(19(15)23)13-25-20-21-17-8-3-4-9-18(17)22-20/h3-9,14,24H,2,10-13H2,1H3,(H,21,22). The minimum atomic E-state index is 0.258. The van der Waals surface area contributed by atoms with Gasteiger partial charge in [-0.05, 0) is 36.6 Å². The SMILES string of the molecule is CCN1CC(CO)Cc2cccc(CSc3nc4ccccc4[nH]3)c21. The molecule has 0 saturated carbocycles. The molecule has 1 aromatic heterocycles. The third-order valence-corrected chi connectivity index (χ3v) is 5.80. The zero-order chi connectivity index (χ0) is 17.2. The number of aromatic amines is 1. The third kappa shape index (κ3) is 3.26. The number of rotatable bonds is 5. The lowest BCUT2D eigenvalue weighted by atomic mass is 9.91. The van der Waals surface area contributed by atoms with Crippen molar-refractivity contribution in [3.05, 3.63) is 53.6 Å². The highest BCUT2D eigenvalue weighted by atomic mass is 32.2. The van der Waals surface area contributed by atoms with E-state index < -0.39 is 0 Å². The van der Waals surface area contributed by atoms with Gasteiger partial charge in [0, 0.05) is 37.1 Å². The molecule has 4 rings (SSSR count). The number of aliphatic hydroxyl groups excluding tert-OH is 1. The number of anilines is 1. The second-order valence-corrected chi connectivity index (χ2v) is 7.53. The van der Waals surface area contributed by atoms with E-state index in [1.807, 2.05) is 18.2 Å². The van der Waals surface area contributed by atoms with Gasteiger partial charge in [-0.2, -0.15) is 0 Å². The second kappa shape index (κ2) is 7.10. The lowest BCUT2D eigenvalue weighted by Gasteiger charge is -2.36. The van der Waals surface area contributed by atoms with Crippen molar-refractivity contribution in [3.63, 3.8) is 0 Å². The number of nitrogens with one attached hydrogen (secondary N) is 1. The molecule has 2 N–H and O–H groups in total. The summed E-state index contributed by atoms with van der Waals surface area (Å²) < 4.78 is 0. The van der Waals surface area contributed by atoms with Crippen LogP contribution in [-0.2, 0) is 12.2 Å². The van der Waals surface area contributed by atoms with Gasteiger partial charge in [0.05, 0.1) is 11.0 Å². The molecule has 4 nitrogen and oxygen atoms in total. The van der Waals surface area contributed by atoms with Crippen LogP contribution >= 0.6 is 11.8 Å². The zero-order valence-electron chi connectivity index (χ0n) is 14.4. The molecule has 1 atom stereocenters. The molecule has 0 fully saturated rings. The number of H-pyrrole nitrogens is 1. The largest absolute Gasteiger partial charge is 0.396 e. The number of imidazole rings is 1. The molecule has 2 aromatic carbocycles. The van der Waals surface area contributed by atoms with E-state index in [-0.39, 0.29) is 6.61 Å². The van der Waals surface area contributed by atoms with Crippen LogP contribution in [0.1, 0.15) is 18.1 Å². The van der Waals surface area contributed by atoms with Crippen molar-refractivity contribution >= 4 is 28.5 Å². The molecule has 1 unspecified atom stereocenters. The Hall–Kier alpha value is -1.98. The van der Waals surface area contributed by atoms with Crippen molar-refractivity contribution in [2.45, 2.75) is 24.3 Å². The molecule has 1 aliphatic heterocycles. The van der Waals surface area contributed by atoms with Gasteiger partial charge in [0.2, 0.25) is 0 Å². The fraction of sp³-hybridized carbons (Fsp3) is 0.350. The van der Waals surface area contributed by atoms with Gasteiger partial charge in [0.25, 0.3) is 0 Å². The maximum absolute atomic E-state index is 9.58. The summed E-state index contributed by atoms with van der Waals surface area (Å²) in [5.41, 5.74) is 6.16. The Morgan fingerprint density at radius 3 is 2.92 bits per heavy atom.